The minimum absolute atomic E-state index is 0.0408. The molecule has 1 heterocycles. The number of hydrogen-bond donors (Lipinski definition) is 0. The SMILES string of the molecule is CCON=C(CC)C1C(=O)CC2(CCSC2)CC1=O. The normalized spacial score (nSPS) is 32.1. The maximum atomic E-state index is 12.4. The summed E-state index contributed by atoms with van der Waals surface area (Å²) in [5.74, 6) is 1.45. The maximum absolute atomic E-state index is 12.4. The van der Waals surface area contributed by atoms with Crippen LogP contribution in [0.3, 0.4) is 0 Å². The van der Waals surface area contributed by atoms with Crippen LogP contribution >= 0.6 is 11.8 Å². The first-order valence-electron chi connectivity index (χ1n) is 6.94. The van der Waals surface area contributed by atoms with E-state index in [0.29, 0.717) is 31.6 Å². The Hall–Kier alpha value is -0.840. The van der Waals surface area contributed by atoms with Crippen LogP contribution in [-0.2, 0) is 14.4 Å². The fraction of sp³-hybridized carbons (Fsp3) is 0.786. The van der Waals surface area contributed by atoms with Gasteiger partial charge in [0.1, 0.15) is 24.1 Å². The van der Waals surface area contributed by atoms with Crippen molar-refractivity contribution in [3.63, 3.8) is 0 Å². The minimum Gasteiger partial charge on any atom is -0.396 e. The van der Waals surface area contributed by atoms with E-state index in [1.165, 1.54) is 0 Å². The summed E-state index contributed by atoms with van der Waals surface area (Å²) in [6.45, 7) is 4.21. The first kappa shape index (κ1) is 14.6. The van der Waals surface area contributed by atoms with Crippen LogP contribution in [0.4, 0.5) is 0 Å². The molecule has 0 aromatic carbocycles. The van der Waals surface area contributed by atoms with Gasteiger partial charge in [0, 0.05) is 12.8 Å². The van der Waals surface area contributed by atoms with E-state index in [0.717, 1.165) is 17.9 Å². The molecule has 4 nitrogen and oxygen atoms in total. The topological polar surface area (TPSA) is 55.7 Å². The van der Waals surface area contributed by atoms with Gasteiger partial charge in [-0.3, -0.25) is 9.59 Å². The summed E-state index contributed by atoms with van der Waals surface area (Å²) >= 11 is 1.85. The van der Waals surface area contributed by atoms with Crippen molar-refractivity contribution < 1.29 is 14.4 Å². The minimum atomic E-state index is -0.646. The number of Topliss-reactive ketones (excluding diaryl/α,β-unsaturated/α-hetero) is 2. The zero-order chi connectivity index (χ0) is 13.9. The largest absolute Gasteiger partial charge is 0.396 e. The van der Waals surface area contributed by atoms with Crippen LogP contribution in [0.15, 0.2) is 5.16 Å². The van der Waals surface area contributed by atoms with E-state index < -0.39 is 5.92 Å². The number of carbonyl (C=O) groups is 2. The highest BCUT2D eigenvalue weighted by molar-refractivity contribution is 7.99. The number of carbonyl (C=O) groups excluding carboxylic acids is 2. The number of oxime groups is 1. The van der Waals surface area contributed by atoms with Crippen LogP contribution in [0.2, 0.25) is 0 Å². The fourth-order valence-corrected chi connectivity index (χ4v) is 4.46. The van der Waals surface area contributed by atoms with Gasteiger partial charge in [0.25, 0.3) is 0 Å². The van der Waals surface area contributed by atoms with Gasteiger partial charge in [-0.05, 0) is 36.7 Å². The maximum Gasteiger partial charge on any atom is 0.149 e. The van der Waals surface area contributed by atoms with Gasteiger partial charge in [0.2, 0.25) is 0 Å². The van der Waals surface area contributed by atoms with Crippen LogP contribution in [0.25, 0.3) is 0 Å². The van der Waals surface area contributed by atoms with Gasteiger partial charge in [0.05, 0.1) is 5.71 Å². The van der Waals surface area contributed by atoms with Crippen LogP contribution in [0.5, 0.6) is 0 Å². The van der Waals surface area contributed by atoms with Crippen molar-refractivity contribution in [3.05, 3.63) is 0 Å². The predicted molar refractivity (Wildman–Crippen MR) is 76.5 cm³/mol. The van der Waals surface area contributed by atoms with E-state index in [1.54, 1.807) is 0 Å². The lowest BCUT2D eigenvalue weighted by Gasteiger charge is -2.34. The summed E-state index contributed by atoms with van der Waals surface area (Å²) in [6.07, 6.45) is 2.64. The molecule has 19 heavy (non-hydrogen) atoms. The first-order valence-corrected chi connectivity index (χ1v) is 8.09. The summed E-state index contributed by atoms with van der Waals surface area (Å²) in [6, 6.07) is 0. The van der Waals surface area contributed by atoms with Crippen molar-refractivity contribution in [1.29, 1.82) is 0 Å². The summed E-state index contributed by atoms with van der Waals surface area (Å²) in [5.41, 5.74) is 0.539. The molecule has 0 atom stereocenters. The number of thioether (sulfide) groups is 1. The molecule has 0 radical (unpaired) electrons. The van der Waals surface area contributed by atoms with Gasteiger partial charge in [-0.1, -0.05) is 12.1 Å². The molecule has 1 spiro atoms. The van der Waals surface area contributed by atoms with Crippen LogP contribution in [-0.4, -0.2) is 35.4 Å². The molecule has 1 saturated carbocycles. The highest BCUT2D eigenvalue weighted by Crippen LogP contribution is 2.46. The molecule has 0 aromatic rings. The molecule has 0 aromatic heterocycles. The second kappa shape index (κ2) is 6.07. The highest BCUT2D eigenvalue weighted by atomic mass is 32.2. The Bertz CT molecular complexity index is 379. The second-order valence-corrected chi connectivity index (χ2v) is 6.48. The average molecular weight is 283 g/mol. The number of hydrogen-bond acceptors (Lipinski definition) is 5. The average Bonchev–Trinajstić information content (AvgIpc) is 2.80. The molecule has 2 fully saturated rings. The molecule has 1 saturated heterocycles. The van der Waals surface area contributed by atoms with Crippen molar-refractivity contribution in [2.24, 2.45) is 16.5 Å². The van der Waals surface area contributed by atoms with Crippen LogP contribution < -0.4 is 0 Å². The Labute approximate surface area is 118 Å². The van der Waals surface area contributed by atoms with E-state index in [2.05, 4.69) is 5.16 Å². The van der Waals surface area contributed by atoms with E-state index in [4.69, 9.17) is 4.84 Å². The summed E-state index contributed by atoms with van der Waals surface area (Å²) in [4.78, 5) is 29.8. The molecule has 0 bridgehead atoms. The predicted octanol–water partition coefficient (Wildman–Crippen LogP) is 2.46. The van der Waals surface area contributed by atoms with Crippen molar-refractivity contribution in [3.8, 4) is 0 Å². The Balaban J connectivity index is 2.15. The molecule has 2 aliphatic rings. The summed E-state index contributed by atoms with van der Waals surface area (Å²) < 4.78 is 0. The molecule has 106 valence electrons. The third-order valence-electron chi connectivity index (χ3n) is 3.93. The van der Waals surface area contributed by atoms with Gasteiger partial charge in [-0.2, -0.15) is 11.8 Å². The lowest BCUT2D eigenvalue weighted by molar-refractivity contribution is -0.136. The van der Waals surface area contributed by atoms with Gasteiger partial charge in [-0.15, -0.1) is 0 Å². The molecule has 1 aliphatic carbocycles. The Morgan fingerprint density at radius 2 is 2.05 bits per heavy atom. The third kappa shape index (κ3) is 3.02. The van der Waals surface area contributed by atoms with Crippen molar-refractivity contribution in [1.82, 2.24) is 0 Å². The van der Waals surface area contributed by atoms with Gasteiger partial charge in [-0.25, -0.2) is 0 Å². The van der Waals surface area contributed by atoms with Gasteiger partial charge >= 0.3 is 0 Å². The number of rotatable bonds is 4. The van der Waals surface area contributed by atoms with Gasteiger partial charge in [0.15, 0.2) is 0 Å². The molecule has 0 amide bonds. The molecule has 5 heteroatoms. The zero-order valence-corrected chi connectivity index (χ0v) is 12.4. The molecular weight excluding hydrogens is 262 g/mol. The number of nitrogens with zero attached hydrogens (tertiary/aromatic N) is 1. The highest BCUT2D eigenvalue weighted by Gasteiger charge is 2.48. The molecule has 0 N–H and O–H groups in total. The summed E-state index contributed by atoms with van der Waals surface area (Å²) in [5, 5.41) is 3.97. The Morgan fingerprint density at radius 1 is 1.37 bits per heavy atom. The van der Waals surface area contributed by atoms with Gasteiger partial charge < -0.3 is 4.84 Å². The van der Waals surface area contributed by atoms with Crippen molar-refractivity contribution in [2.45, 2.75) is 39.5 Å². The van der Waals surface area contributed by atoms with E-state index >= 15 is 0 Å². The smallest absolute Gasteiger partial charge is 0.149 e. The van der Waals surface area contributed by atoms with Crippen molar-refractivity contribution >= 4 is 29.0 Å². The zero-order valence-electron chi connectivity index (χ0n) is 11.6. The second-order valence-electron chi connectivity index (χ2n) is 5.38. The van der Waals surface area contributed by atoms with Crippen LogP contribution in [0, 0.1) is 11.3 Å². The lowest BCUT2D eigenvalue weighted by atomic mass is 9.67. The van der Waals surface area contributed by atoms with E-state index in [-0.39, 0.29) is 17.0 Å². The lowest BCUT2D eigenvalue weighted by Crippen LogP contribution is -2.44. The number of ketones is 2. The standard InChI is InChI=1S/C14H21NO3S/c1-3-10(15-18-4-2)13-11(16)7-14(8-12(13)17)5-6-19-9-14/h13H,3-9H2,1-2H3. The fourth-order valence-electron chi connectivity index (χ4n) is 2.95. The molecule has 1 aliphatic heterocycles. The first-order chi connectivity index (χ1) is 9.12. The molecule has 2 rings (SSSR count). The molecule has 0 unspecified atom stereocenters. The Morgan fingerprint density at radius 3 is 2.53 bits per heavy atom. The summed E-state index contributed by atoms with van der Waals surface area (Å²) in [7, 11) is 0. The van der Waals surface area contributed by atoms with E-state index in [1.807, 2.05) is 25.6 Å². The molecular formula is C14H21NO3S. The monoisotopic (exact) mass is 283 g/mol. The quantitative estimate of drug-likeness (QED) is 0.452. The Kier molecular flexibility index (Phi) is 4.66. The van der Waals surface area contributed by atoms with Crippen LogP contribution in [0.1, 0.15) is 39.5 Å². The van der Waals surface area contributed by atoms with Crippen molar-refractivity contribution in [2.75, 3.05) is 18.1 Å². The van der Waals surface area contributed by atoms with E-state index in [9.17, 15) is 9.59 Å². The third-order valence-corrected chi connectivity index (χ3v) is 5.24.